The first-order valence-electron chi connectivity index (χ1n) is 8.58. The summed E-state index contributed by atoms with van der Waals surface area (Å²) in [5, 5.41) is 6.68. The lowest BCUT2D eigenvalue weighted by Gasteiger charge is -2.17. The minimum atomic E-state index is -0.412. The van der Waals surface area contributed by atoms with Gasteiger partial charge in [0.1, 0.15) is 5.82 Å². The number of amides is 2. The Kier molecular flexibility index (Phi) is 6.17. The maximum atomic E-state index is 13.2. The maximum absolute atomic E-state index is 13.2. The molecule has 0 atom stereocenters. The second kappa shape index (κ2) is 8.14. The summed E-state index contributed by atoms with van der Waals surface area (Å²) in [6.45, 7) is 6.59. The van der Waals surface area contributed by atoms with Gasteiger partial charge in [0, 0.05) is 42.0 Å². The highest BCUT2D eigenvalue weighted by Crippen LogP contribution is 2.19. The van der Waals surface area contributed by atoms with Crippen LogP contribution in [0.1, 0.15) is 39.2 Å². The van der Waals surface area contributed by atoms with E-state index in [1.54, 1.807) is 6.07 Å². The van der Waals surface area contributed by atoms with Crippen LogP contribution in [0.5, 0.6) is 0 Å². The zero-order chi connectivity index (χ0) is 18.4. The summed E-state index contributed by atoms with van der Waals surface area (Å²) in [4.78, 5) is 26.6. The summed E-state index contributed by atoms with van der Waals surface area (Å²) in [5.74, 6) is -0.313. The molecule has 1 heterocycles. The molecule has 2 amide bonds. The van der Waals surface area contributed by atoms with Crippen LogP contribution in [0, 0.1) is 11.2 Å². The molecule has 2 rings (SSSR count). The number of carbonyl (C=O) groups excluding carboxylic acids is 2. The molecular weight excluding hydrogens is 321 g/mol. The Balaban J connectivity index is 1.67. The summed E-state index contributed by atoms with van der Waals surface area (Å²) >= 11 is 0. The van der Waals surface area contributed by atoms with Gasteiger partial charge < -0.3 is 15.6 Å². The Hall–Kier alpha value is -2.37. The summed E-state index contributed by atoms with van der Waals surface area (Å²) in [5.41, 5.74) is 1.40. The smallest absolute Gasteiger partial charge is 0.225 e. The molecule has 0 spiro atoms. The molecule has 1 aromatic heterocycles. The number of rotatable bonds is 7. The lowest BCUT2D eigenvalue weighted by Crippen LogP contribution is -2.35. The molecular formula is C19H26FN3O2. The van der Waals surface area contributed by atoms with Crippen molar-refractivity contribution in [2.24, 2.45) is 5.41 Å². The molecule has 0 unspecified atom stereocenters. The number of benzene rings is 1. The van der Waals surface area contributed by atoms with E-state index in [0.29, 0.717) is 32.4 Å². The standard InChI is InChI=1S/C19H26FN3O2/c1-19(2,3)18(25)22-9-4-5-17(24)21-10-8-13-12-23-16-11-14(20)6-7-15(13)16/h6-7,11-12,23H,4-5,8-10H2,1-3H3,(H,21,24)(H,22,25). The predicted octanol–water partition coefficient (Wildman–Crippen LogP) is 2.91. The molecule has 3 N–H and O–H groups in total. The monoisotopic (exact) mass is 347 g/mol. The number of hydrogen-bond donors (Lipinski definition) is 3. The SMILES string of the molecule is CC(C)(C)C(=O)NCCCC(=O)NCCc1c[nH]c2cc(F)ccc12. The van der Waals surface area contributed by atoms with Crippen LogP contribution in [-0.2, 0) is 16.0 Å². The van der Waals surface area contributed by atoms with E-state index in [1.165, 1.54) is 12.1 Å². The van der Waals surface area contributed by atoms with Crippen LogP contribution in [0.15, 0.2) is 24.4 Å². The van der Waals surface area contributed by atoms with Gasteiger partial charge in [-0.15, -0.1) is 0 Å². The van der Waals surface area contributed by atoms with Gasteiger partial charge in [0.05, 0.1) is 0 Å². The molecule has 1 aromatic carbocycles. The van der Waals surface area contributed by atoms with E-state index in [9.17, 15) is 14.0 Å². The molecule has 0 fully saturated rings. The summed E-state index contributed by atoms with van der Waals surface area (Å²) in [7, 11) is 0. The van der Waals surface area contributed by atoms with E-state index in [-0.39, 0.29) is 17.6 Å². The van der Waals surface area contributed by atoms with Crippen LogP contribution in [0.3, 0.4) is 0 Å². The van der Waals surface area contributed by atoms with E-state index in [1.807, 2.05) is 27.0 Å². The molecule has 0 saturated carbocycles. The Morgan fingerprint density at radius 1 is 1.16 bits per heavy atom. The van der Waals surface area contributed by atoms with E-state index in [2.05, 4.69) is 15.6 Å². The number of halogens is 1. The Morgan fingerprint density at radius 3 is 2.64 bits per heavy atom. The van der Waals surface area contributed by atoms with E-state index in [0.717, 1.165) is 16.5 Å². The van der Waals surface area contributed by atoms with E-state index in [4.69, 9.17) is 0 Å². The van der Waals surface area contributed by atoms with Crippen molar-refractivity contribution in [3.8, 4) is 0 Å². The van der Waals surface area contributed by atoms with Crippen LogP contribution in [-0.4, -0.2) is 29.9 Å². The first-order chi connectivity index (χ1) is 11.8. The minimum absolute atomic E-state index is 0.0105. The van der Waals surface area contributed by atoms with E-state index >= 15 is 0 Å². The molecule has 6 heteroatoms. The molecule has 0 aliphatic heterocycles. The number of fused-ring (bicyclic) bond motifs is 1. The Labute approximate surface area is 147 Å². The van der Waals surface area contributed by atoms with Crippen LogP contribution >= 0.6 is 0 Å². The van der Waals surface area contributed by atoms with Crippen molar-refractivity contribution in [3.05, 3.63) is 35.8 Å². The third kappa shape index (κ3) is 5.59. The third-order valence-corrected chi connectivity index (χ3v) is 3.99. The van der Waals surface area contributed by atoms with Crippen LogP contribution in [0.2, 0.25) is 0 Å². The number of hydrogen-bond acceptors (Lipinski definition) is 2. The summed E-state index contributed by atoms with van der Waals surface area (Å²) in [6, 6.07) is 4.64. The summed E-state index contributed by atoms with van der Waals surface area (Å²) < 4.78 is 13.2. The molecule has 0 saturated heterocycles. The molecule has 0 bridgehead atoms. The van der Waals surface area contributed by atoms with Crippen molar-refractivity contribution in [2.45, 2.75) is 40.0 Å². The van der Waals surface area contributed by atoms with Gasteiger partial charge in [0.15, 0.2) is 0 Å². The lowest BCUT2D eigenvalue weighted by atomic mass is 9.96. The van der Waals surface area contributed by atoms with Crippen molar-refractivity contribution < 1.29 is 14.0 Å². The van der Waals surface area contributed by atoms with Crippen molar-refractivity contribution in [2.75, 3.05) is 13.1 Å². The van der Waals surface area contributed by atoms with Crippen molar-refractivity contribution in [3.63, 3.8) is 0 Å². The molecule has 0 aliphatic carbocycles. The van der Waals surface area contributed by atoms with Crippen LogP contribution in [0.4, 0.5) is 4.39 Å². The largest absolute Gasteiger partial charge is 0.361 e. The van der Waals surface area contributed by atoms with Gasteiger partial charge in [-0.2, -0.15) is 0 Å². The predicted molar refractivity (Wildman–Crippen MR) is 96.7 cm³/mol. The topological polar surface area (TPSA) is 74.0 Å². The molecule has 0 radical (unpaired) electrons. The van der Waals surface area contributed by atoms with Gasteiger partial charge in [0.2, 0.25) is 11.8 Å². The normalized spacial score (nSPS) is 11.5. The number of carbonyl (C=O) groups is 2. The van der Waals surface area contributed by atoms with Crippen LogP contribution in [0.25, 0.3) is 10.9 Å². The second-order valence-corrected chi connectivity index (χ2v) is 7.21. The van der Waals surface area contributed by atoms with Crippen molar-refractivity contribution >= 4 is 22.7 Å². The fourth-order valence-corrected chi connectivity index (χ4v) is 2.51. The number of H-pyrrole nitrogens is 1. The lowest BCUT2D eigenvalue weighted by molar-refractivity contribution is -0.128. The molecule has 0 aliphatic rings. The molecule has 25 heavy (non-hydrogen) atoms. The molecule has 136 valence electrons. The quantitative estimate of drug-likeness (QED) is 0.674. The number of aromatic nitrogens is 1. The number of nitrogens with one attached hydrogen (secondary N) is 3. The molecule has 5 nitrogen and oxygen atoms in total. The minimum Gasteiger partial charge on any atom is -0.361 e. The van der Waals surface area contributed by atoms with Crippen molar-refractivity contribution in [1.29, 1.82) is 0 Å². The first kappa shape index (κ1) is 19.0. The third-order valence-electron chi connectivity index (χ3n) is 3.99. The highest BCUT2D eigenvalue weighted by molar-refractivity contribution is 5.83. The van der Waals surface area contributed by atoms with Crippen molar-refractivity contribution in [1.82, 2.24) is 15.6 Å². The Bertz CT molecular complexity index is 747. The second-order valence-electron chi connectivity index (χ2n) is 7.21. The van der Waals surface area contributed by atoms with Gasteiger partial charge in [-0.25, -0.2) is 4.39 Å². The van der Waals surface area contributed by atoms with Gasteiger partial charge >= 0.3 is 0 Å². The first-order valence-corrected chi connectivity index (χ1v) is 8.58. The molecule has 2 aromatic rings. The van der Waals surface area contributed by atoms with Crippen LogP contribution < -0.4 is 10.6 Å². The highest BCUT2D eigenvalue weighted by atomic mass is 19.1. The zero-order valence-corrected chi connectivity index (χ0v) is 15.0. The average Bonchev–Trinajstić information content (AvgIpc) is 2.92. The zero-order valence-electron chi connectivity index (χ0n) is 15.0. The van der Waals surface area contributed by atoms with Gasteiger partial charge in [-0.05, 0) is 36.6 Å². The average molecular weight is 347 g/mol. The fraction of sp³-hybridized carbons (Fsp3) is 0.474. The fourth-order valence-electron chi connectivity index (χ4n) is 2.51. The van der Waals surface area contributed by atoms with Gasteiger partial charge in [-0.3, -0.25) is 9.59 Å². The highest BCUT2D eigenvalue weighted by Gasteiger charge is 2.20. The van der Waals surface area contributed by atoms with Gasteiger partial charge in [0.25, 0.3) is 0 Å². The number of aromatic amines is 1. The maximum Gasteiger partial charge on any atom is 0.225 e. The summed E-state index contributed by atoms with van der Waals surface area (Å²) in [6.07, 6.45) is 3.51. The van der Waals surface area contributed by atoms with Gasteiger partial charge in [-0.1, -0.05) is 20.8 Å². The van der Waals surface area contributed by atoms with E-state index < -0.39 is 5.41 Å². The Morgan fingerprint density at radius 2 is 1.92 bits per heavy atom.